The topological polar surface area (TPSA) is 95.5 Å². The van der Waals surface area contributed by atoms with Crippen molar-refractivity contribution in [2.75, 3.05) is 36.4 Å². The number of nitrogens with one attached hydrogen (secondary N) is 1. The van der Waals surface area contributed by atoms with E-state index in [0.717, 1.165) is 6.41 Å². The first-order valence-corrected chi connectivity index (χ1v) is 8.27. The third-order valence-electron chi connectivity index (χ3n) is 4.22. The molecule has 8 nitrogen and oxygen atoms in total. The Morgan fingerprint density at radius 2 is 1.69 bits per heavy atom. The quantitative estimate of drug-likeness (QED) is 0.641. The second-order valence-electron chi connectivity index (χ2n) is 5.99. The molecule has 0 bridgehead atoms. The SMILES string of the molecule is CC(=O)c1ccc(NC(=O)c2ccc(N3CCN(C=O)CC3)nn2)cc1. The van der Waals surface area contributed by atoms with Gasteiger partial charge in [-0.3, -0.25) is 14.4 Å². The van der Waals surface area contributed by atoms with Gasteiger partial charge >= 0.3 is 0 Å². The lowest BCUT2D eigenvalue weighted by atomic mass is 10.1. The summed E-state index contributed by atoms with van der Waals surface area (Å²) in [4.78, 5) is 38.0. The van der Waals surface area contributed by atoms with Gasteiger partial charge in [0.2, 0.25) is 6.41 Å². The highest BCUT2D eigenvalue weighted by molar-refractivity contribution is 6.03. The number of nitrogens with zero attached hydrogens (tertiary/aromatic N) is 4. The lowest BCUT2D eigenvalue weighted by Crippen LogP contribution is -2.46. The summed E-state index contributed by atoms with van der Waals surface area (Å²) in [7, 11) is 0. The number of Topliss-reactive ketones (excluding diaryl/α,β-unsaturated/α-hetero) is 1. The molecule has 1 aliphatic heterocycles. The molecule has 1 N–H and O–H groups in total. The highest BCUT2D eigenvalue weighted by Crippen LogP contribution is 2.14. The molecule has 8 heteroatoms. The highest BCUT2D eigenvalue weighted by Gasteiger charge is 2.17. The van der Waals surface area contributed by atoms with Crippen molar-refractivity contribution < 1.29 is 14.4 Å². The van der Waals surface area contributed by atoms with Crippen molar-refractivity contribution in [3.63, 3.8) is 0 Å². The van der Waals surface area contributed by atoms with Crippen LogP contribution in [-0.4, -0.2) is 59.4 Å². The Kier molecular flexibility index (Phi) is 5.21. The number of anilines is 2. The van der Waals surface area contributed by atoms with E-state index in [0.29, 0.717) is 43.2 Å². The summed E-state index contributed by atoms with van der Waals surface area (Å²) in [6.45, 7) is 4.14. The number of aromatic nitrogens is 2. The fourth-order valence-electron chi connectivity index (χ4n) is 2.65. The minimum absolute atomic E-state index is 0.0293. The first kappa shape index (κ1) is 17.5. The zero-order chi connectivity index (χ0) is 18.5. The van der Waals surface area contributed by atoms with Crippen LogP contribution in [0.5, 0.6) is 0 Å². The number of hydrogen-bond acceptors (Lipinski definition) is 6. The van der Waals surface area contributed by atoms with Crippen molar-refractivity contribution in [1.29, 1.82) is 0 Å². The number of rotatable bonds is 5. The first-order valence-electron chi connectivity index (χ1n) is 8.27. The zero-order valence-electron chi connectivity index (χ0n) is 14.4. The molecular weight excluding hydrogens is 334 g/mol. The van der Waals surface area contributed by atoms with Crippen LogP contribution < -0.4 is 10.2 Å². The molecule has 2 aromatic rings. The molecule has 1 fully saturated rings. The van der Waals surface area contributed by atoms with Gasteiger partial charge in [-0.15, -0.1) is 10.2 Å². The Labute approximate surface area is 150 Å². The molecule has 0 atom stereocenters. The van der Waals surface area contributed by atoms with Gasteiger partial charge in [0.25, 0.3) is 5.91 Å². The number of carbonyl (C=O) groups is 3. The summed E-state index contributed by atoms with van der Waals surface area (Å²) < 4.78 is 0. The van der Waals surface area contributed by atoms with Gasteiger partial charge in [0, 0.05) is 37.4 Å². The maximum Gasteiger partial charge on any atom is 0.276 e. The van der Waals surface area contributed by atoms with Crippen molar-refractivity contribution in [3.8, 4) is 0 Å². The van der Waals surface area contributed by atoms with Crippen LogP contribution in [0.1, 0.15) is 27.8 Å². The van der Waals surface area contributed by atoms with Crippen LogP contribution in [0.2, 0.25) is 0 Å². The number of piperazine rings is 1. The fourth-order valence-corrected chi connectivity index (χ4v) is 2.65. The summed E-state index contributed by atoms with van der Waals surface area (Å²) >= 11 is 0. The minimum Gasteiger partial charge on any atom is -0.352 e. The summed E-state index contributed by atoms with van der Waals surface area (Å²) in [5.74, 6) is 0.279. The Balaban J connectivity index is 1.61. The van der Waals surface area contributed by atoms with E-state index in [-0.39, 0.29) is 17.4 Å². The number of ketones is 1. The number of benzene rings is 1. The lowest BCUT2D eigenvalue weighted by Gasteiger charge is -2.32. The largest absolute Gasteiger partial charge is 0.352 e. The smallest absolute Gasteiger partial charge is 0.276 e. The summed E-state index contributed by atoms with van der Waals surface area (Å²) in [6, 6.07) is 10.0. The number of carbonyl (C=O) groups excluding carboxylic acids is 3. The van der Waals surface area contributed by atoms with E-state index in [1.807, 2.05) is 4.90 Å². The summed E-state index contributed by atoms with van der Waals surface area (Å²) in [5.41, 5.74) is 1.37. The molecule has 1 aromatic carbocycles. The molecule has 134 valence electrons. The van der Waals surface area contributed by atoms with Crippen molar-refractivity contribution >= 4 is 29.6 Å². The van der Waals surface area contributed by atoms with Crippen LogP contribution in [0.25, 0.3) is 0 Å². The number of amides is 2. The molecule has 0 spiro atoms. The van der Waals surface area contributed by atoms with E-state index in [4.69, 9.17) is 0 Å². The fraction of sp³-hybridized carbons (Fsp3) is 0.278. The number of hydrogen-bond donors (Lipinski definition) is 1. The first-order chi connectivity index (χ1) is 12.6. The van der Waals surface area contributed by atoms with Crippen LogP contribution in [0.4, 0.5) is 11.5 Å². The lowest BCUT2D eigenvalue weighted by molar-refractivity contribution is -0.118. The molecule has 0 radical (unpaired) electrons. The van der Waals surface area contributed by atoms with Crippen molar-refractivity contribution in [2.45, 2.75) is 6.92 Å². The molecular formula is C18H19N5O3. The van der Waals surface area contributed by atoms with E-state index < -0.39 is 0 Å². The van der Waals surface area contributed by atoms with Gasteiger partial charge < -0.3 is 15.1 Å². The maximum atomic E-state index is 12.3. The van der Waals surface area contributed by atoms with Crippen LogP contribution in [0.15, 0.2) is 36.4 Å². The predicted octanol–water partition coefficient (Wildman–Crippen LogP) is 1.21. The Morgan fingerprint density at radius 1 is 1.00 bits per heavy atom. The van der Waals surface area contributed by atoms with Crippen molar-refractivity contribution in [1.82, 2.24) is 15.1 Å². The Hall–Kier alpha value is -3.29. The molecule has 3 rings (SSSR count). The molecule has 2 heterocycles. The molecule has 0 unspecified atom stereocenters. The van der Waals surface area contributed by atoms with E-state index in [9.17, 15) is 14.4 Å². The predicted molar refractivity (Wildman–Crippen MR) is 96.3 cm³/mol. The van der Waals surface area contributed by atoms with E-state index in [1.54, 1.807) is 41.3 Å². The summed E-state index contributed by atoms with van der Waals surface area (Å²) in [5, 5.41) is 10.8. The van der Waals surface area contributed by atoms with Gasteiger partial charge in [-0.25, -0.2) is 0 Å². The molecule has 26 heavy (non-hydrogen) atoms. The maximum absolute atomic E-state index is 12.3. The third kappa shape index (κ3) is 4.02. The minimum atomic E-state index is -0.370. The van der Waals surface area contributed by atoms with Crippen molar-refractivity contribution in [2.24, 2.45) is 0 Å². The van der Waals surface area contributed by atoms with E-state index in [2.05, 4.69) is 15.5 Å². The van der Waals surface area contributed by atoms with Crippen LogP contribution in [0.3, 0.4) is 0 Å². The second-order valence-corrected chi connectivity index (χ2v) is 5.99. The van der Waals surface area contributed by atoms with Crippen LogP contribution in [0, 0.1) is 0 Å². The van der Waals surface area contributed by atoms with E-state index >= 15 is 0 Å². The van der Waals surface area contributed by atoms with Gasteiger partial charge in [0.15, 0.2) is 17.3 Å². The van der Waals surface area contributed by atoms with Crippen molar-refractivity contribution in [3.05, 3.63) is 47.7 Å². The molecule has 1 saturated heterocycles. The molecule has 1 aliphatic rings. The standard InChI is InChI=1S/C18H19N5O3/c1-13(25)14-2-4-15(5-3-14)19-18(26)16-6-7-17(21-20-16)23-10-8-22(12-24)9-11-23/h2-7,12H,8-11H2,1H3,(H,19,26). The zero-order valence-corrected chi connectivity index (χ0v) is 14.4. The van der Waals surface area contributed by atoms with Crippen LogP contribution in [-0.2, 0) is 4.79 Å². The molecule has 0 aliphatic carbocycles. The average Bonchev–Trinajstić information content (AvgIpc) is 2.68. The highest BCUT2D eigenvalue weighted by atomic mass is 16.2. The van der Waals surface area contributed by atoms with Gasteiger partial charge in [-0.05, 0) is 43.3 Å². The van der Waals surface area contributed by atoms with Gasteiger partial charge in [0.1, 0.15) is 0 Å². The normalized spacial score (nSPS) is 14.0. The average molecular weight is 353 g/mol. The molecule has 1 aromatic heterocycles. The molecule has 2 amide bonds. The monoisotopic (exact) mass is 353 g/mol. The van der Waals surface area contributed by atoms with Gasteiger partial charge in [-0.2, -0.15) is 0 Å². The van der Waals surface area contributed by atoms with Gasteiger partial charge in [-0.1, -0.05) is 0 Å². The van der Waals surface area contributed by atoms with Gasteiger partial charge in [0.05, 0.1) is 0 Å². The van der Waals surface area contributed by atoms with Crippen LogP contribution >= 0.6 is 0 Å². The summed E-state index contributed by atoms with van der Waals surface area (Å²) in [6.07, 6.45) is 0.847. The molecule has 0 saturated carbocycles. The third-order valence-corrected chi connectivity index (χ3v) is 4.22. The Bertz CT molecular complexity index is 797. The van der Waals surface area contributed by atoms with E-state index in [1.165, 1.54) is 6.92 Å². The Morgan fingerprint density at radius 3 is 2.23 bits per heavy atom. The second kappa shape index (κ2) is 7.73.